The minimum atomic E-state index is -0.199. The molecule has 2 aromatic heterocycles. The third-order valence-electron chi connectivity index (χ3n) is 5.65. The van der Waals surface area contributed by atoms with Crippen LogP contribution in [0.4, 0.5) is 5.95 Å². The quantitative estimate of drug-likeness (QED) is 0.403. The number of thiophene rings is 1. The second-order valence-electron chi connectivity index (χ2n) is 7.81. The van der Waals surface area contributed by atoms with Crippen molar-refractivity contribution in [2.45, 2.75) is 26.2 Å². The Labute approximate surface area is 192 Å². The summed E-state index contributed by atoms with van der Waals surface area (Å²) in [5, 5.41) is 1.94. The van der Waals surface area contributed by atoms with Crippen molar-refractivity contribution in [2.75, 3.05) is 50.8 Å². The summed E-state index contributed by atoms with van der Waals surface area (Å²) in [6.45, 7) is 6.42. The number of amides is 2. The Bertz CT molecular complexity index is 940. The second kappa shape index (κ2) is 10.7. The number of nitrogens with zero attached hydrogens (tertiary/aromatic N) is 5. The Morgan fingerprint density at radius 3 is 2.38 bits per heavy atom. The van der Waals surface area contributed by atoms with Gasteiger partial charge in [0.05, 0.1) is 5.57 Å². The van der Waals surface area contributed by atoms with Crippen LogP contribution >= 0.6 is 11.3 Å². The van der Waals surface area contributed by atoms with Gasteiger partial charge in [-0.05, 0) is 30.4 Å². The van der Waals surface area contributed by atoms with E-state index in [9.17, 15) is 9.59 Å². The molecule has 0 aliphatic carbocycles. The molecule has 1 saturated heterocycles. The molecule has 32 heavy (non-hydrogen) atoms. The maximum Gasteiger partial charge on any atom is 0.277 e. The lowest BCUT2D eigenvalue weighted by Gasteiger charge is -2.36. The molecule has 0 N–H and O–H groups in total. The summed E-state index contributed by atoms with van der Waals surface area (Å²) >= 11 is 1.49. The number of rotatable bonds is 10. The zero-order valence-corrected chi connectivity index (χ0v) is 19.2. The molecule has 0 atom stereocenters. The summed E-state index contributed by atoms with van der Waals surface area (Å²) in [6, 6.07) is 5.62. The molecule has 9 heteroatoms. The van der Waals surface area contributed by atoms with Crippen LogP contribution in [0.3, 0.4) is 0 Å². The number of hydrogen-bond acceptors (Lipinski definition) is 8. The lowest BCUT2D eigenvalue weighted by Crippen LogP contribution is -2.48. The van der Waals surface area contributed by atoms with Gasteiger partial charge in [0.25, 0.3) is 11.8 Å². The van der Waals surface area contributed by atoms with E-state index in [0.29, 0.717) is 63.0 Å². The normalized spacial score (nSPS) is 17.1. The lowest BCUT2D eigenvalue weighted by atomic mass is 10.1. The molecule has 4 rings (SSSR count). The number of piperazine rings is 1. The maximum atomic E-state index is 13.4. The van der Waals surface area contributed by atoms with Crippen molar-refractivity contribution in [3.05, 3.63) is 46.5 Å². The summed E-state index contributed by atoms with van der Waals surface area (Å²) in [4.78, 5) is 41.7. The molecule has 0 aromatic carbocycles. The van der Waals surface area contributed by atoms with E-state index in [0.717, 1.165) is 24.3 Å². The molecule has 0 spiro atoms. The lowest BCUT2D eigenvalue weighted by molar-refractivity contribution is -0.137. The fourth-order valence-electron chi connectivity index (χ4n) is 3.96. The number of anilines is 1. The van der Waals surface area contributed by atoms with Gasteiger partial charge in [-0.2, -0.15) is 0 Å². The predicted octanol–water partition coefficient (Wildman–Crippen LogP) is 2.65. The van der Waals surface area contributed by atoms with Crippen LogP contribution in [-0.2, 0) is 14.3 Å². The highest BCUT2D eigenvalue weighted by Gasteiger charge is 2.42. The number of ether oxygens (including phenoxy) is 1. The smallest absolute Gasteiger partial charge is 0.277 e. The number of imide groups is 1. The molecule has 2 aliphatic rings. The predicted molar refractivity (Wildman–Crippen MR) is 124 cm³/mol. The topological polar surface area (TPSA) is 78.9 Å². The van der Waals surface area contributed by atoms with Crippen molar-refractivity contribution in [1.29, 1.82) is 0 Å². The molecule has 0 radical (unpaired) electrons. The van der Waals surface area contributed by atoms with E-state index in [1.165, 1.54) is 16.2 Å². The molecular weight excluding hydrogens is 426 g/mol. The highest BCUT2D eigenvalue weighted by molar-refractivity contribution is 7.11. The van der Waals surface area contributed by atoms with Gasteiger partial charge in [-0.15, -0.1) is 11.3 Å². The maximum absolute atomic E-state index is 13.4. The van der Waals surface area contributed by atoms with Crippen LogP contribution in [0.15, 0.2) is 41.7 Å². The molecule has 1 fully saturated rings. The van der Waals surface area contributed by atoms with Gasteiger partial charge in [0.1, 0.15) is 5.70 Å². The van der Waals surface area contributed by atoms with E-state index in [-0.39, 0.29) is 11.8 Å². The zero-order valence-electron chi connectivity index (χ0n) is 18.4. The summed E-state index contributed by atoms with van der Waals surface area (Å²) < 4.78 is 5.61. The molecule has 8 nitrogen and oxygen atoms in total. The number of carbonyl (C=O) groups excluding carboxylic acids is 2. The average Bonchev–Trinajstić information content (AvgIpc) is 3.44. The van der Waals surface area contributed by atoms with Gasteiger partial charge >= 0.3 is 0 Å². The first-order valence-electron chi connectivity index (χ1n) is 11.2. The van der Waals surface area contributed by atoms with Crippen molar-refractivity contribution >= 4 is 34.7 Å². The second-order valence-corrected chi connectivity index (χ2v) is 8.75. The molecule has 0 bridgehead atoms. The molecule has 2 aromatic rings. The SMILES string of the molecule is CCCCOCCCN1C(=O)C(c2cccs2)=C(N2CCN(c3ncccn3)CC2)C1=O. The molecular formula is C23H29N5O3S. The highest BCUT2D eigenvalue weighted by Crippen LogP contribution is 2.34. The van der Waals surface area contributed by atoms with Crippen molar-refractivity contribution < 1.29 is 14.3 Å². The first-order chi connectivity index (χ1) is 15.7. The third kappa shape index (κ3) is 4.83. The van der Waals surface area contributed by atoms with Crippen LogP contribution in [-0.4, -0.2) is 77.5 Å². The van der Waals surface area contributed by atoms with Crippen LogP contribution in [0.2, 0.25) is 0 Å². The first-order valence-corrected chi connectivity index (χ1v) is 12.1. The van der Waals surface area contributed by atoms with E-state index >= 15 is 0 Å². The number of unbranched alkanes of at least 4 members (excludes halogenated alkanes) is 1. The Morgan fingerprint density at radius 1 is 0.969 bits per heavy atom. The Hall–Kier alpha value is -2.78. The Kier molecular flexibility index (Phi) is 7.49. The van der Waals surface area contributed by atoms with Crippen LogP contribution in [0.25, 0.3) is 5.57 Å². The summed E-state index contributed by atoms with van der Waals surface area (Å²) in [5.74, 6) is 0.296. The van der Waals surface area contributed by atoms with Crippen LogP contribution in [0.5, 0.6) is 0 Å². The molecule has 4 heterocycles. The van der Waals surface area contributed by atoms with Gasteiger partial charge in [0.2, 0.25) is 5.95 Å². The van der Waals surface area contributed by atoms with Crippen molar-refractivity contribution in [3.63, 3.8) is 0 Å². The van der Waals surface area contributed by atoms with E-state index in [1.54, 1.807) is 18.5 Å². The van der Waals surface area contributed by atoms with Gasteiger partial charge in [-0.3, -0.25) is 14.5 Å². The Balaban J connectivity index is 1.46. The summed E-state index contributed by atoms with van der Waals surface area (Å²) in [6.07, 6.45) is 6.22. The fraction of sp³-hybridized carbons (Fsp3) is 0.478. The van der Waals surface area contributed by atoms with E-state index in [4.69, 9.17) is 4.74 Å². The average molecular weight is 456 g/mol. The molecule has 2 aliphatic heterocycles. The zero-order chi connectivity index (χ0) is 22.3. The molecule has 0 saturated carbocycles. The van der Waals surface area contributed by atoms with Crippen molar-refractivity contribution in [3.8, 4) is 0 Å². The van der Waals surface area contributed by atoms with E-state index < -0.39 is 0 Å². The molecule has 0 unspecified atom stereocenters. The molecule has 2 amide bonds. The Morgan fingerprint density at radius 2 is 1.69 bits per heavy atom. The number of hydrogen-bond donors (Lipinski definition) is 0. The number of aromatic nitrogens is 2. The van der Waals surface area contributed by atoms with Gasteiger partial charge in [0, 0.05) is 63.2 Å². The van der Waals surface area contributed by atoms with E-state index in [2.05, 4.69) is 21.8 Å². The van der Waals surface area contributed by atoms with E-state index in [1.807, 2.05) is 22.4 Å². The minimum Gasteiger partial charge on any atom is -0.381 e. The number of carbonyl (C=O) groups is 2. The molecule has 170 valence electrons. The van der Waals surface area contributed by atoms with Crippen molar-refractivity contribution in [2.24, 2.45) is 0 Å². The van der Waals surface area contributed by atoms with Crippen LogP contribution in [0.1, 0.15) is 31.1 Å². The highest BCUT2D eigenvalue weighted by atomic mass is 32.1. The summed E-state index contributed by atoms with van der Waals surface area (Å²) in [7, 11) is 0. The van der Waals surface area contributed by atoms with Gasteiger partial charge in [-0.1, -0.05) is 19.4 Å². The third-order valence-corrected chi connectivity index (χ3v) is 6.54. The minimum absolute atomic E-state index is 0.198. The van der Waals surface area contributed by atoms with Crippen LogP contribution in [0, 0.1) is 0 Å². The first kappa shape index (κ1) is 22.4. The largest absolute Gasteiger partial charge is 0.381 e. The fourth-order valence-corrected chi connectivity index (χ4v) is 4.72. The van der Waals surface area contributed by atoms with Gasteiger partial charge in [0.15, 0.2) is 0 Å². The summed E-state index contributed by atoms with van der Waals surface area (Å²) in [5.41, 5.74) is 1.05. The monoisotopic (exact) mass is 455 g/mol. The van der Waals surface area contributed by atoms with Crippen LogP contribution < -0.4 is 4.90 Å². The standard InChI is InChI=1S/C23H29N5O3S/c1-2-3-15-31-16-6-10-28-21(29)19(18-7-4-17-32-18)20(22(28)30)26-11-13-27(14-12-26)23-24-8-5-9-25-23/h4-5,7-9,17H,2-3,6,10-16H2,1H3. The van der Waals surface area contributed by atoms with Gasteiger partial charge in [-0.25, -0.2) is 9.97 Å². The van der Waals surface area contributed by atoms with Crippen molar-refractivity contribution in [1.82, 2.24) is 19.8 Å². The van der Waals surface area contributed by atoms with Gasteiger partial charge < -0.3 is 14.5 Å².